The van der Waals surface area contributed by atoms with Gasteiger partial charge in [0.25, 0.3) is 0 Å². The van der Waals surface area contributed by atoms with Gasteiger partial charge in [-0.25, -0.2) is 0 Å². The number of aliphatic hydroxyl groups excluding tert-OH is 1. The van der Waals surface area contributed by atoms with E-state index in [1.54, 1.807) is 18.0 Å². The van der Waals surface area contributed by atoms with Gasteiger partial charge in [0, 0.05) is 19.6 Å². The number of methoxy groups -OCH3 is 1. The number of hydrogen-bond donors (Lipinski definition) is 1. The van der Waals surface area contributed by atoms with E-state index in [1.165, 1.54) is 6.42 Å². The fraction of sp³-hybridized carbons (Fsp3) is 0.769. The molecule has 102 valence electrons. The van der Waals surface area contributed by atoms with Crippen molar-refractivity contribution in [3.8, 4) is 5.75 Å². The topological polar surface area (TPSA) is 56.5 Å². The highest BCUT2D eigenvalue weighted by molar-refractivity contribution is 5.27. The standard InChI is InChI=1S/C13H22N2O3/c1-3-15-13(12(17-2)9-14-15)11(16)8-10-6-4-5-7-18-10/h9-11,16H,3-8H2,1-2H3. The lowest BCUT2D eigenvalue weighted by Gasteiger charge is -2.25. The molecule has 18 heavy (non-hydrogen) atoms. The van der Waals surface area contributed by atoms with Gasteiger partial charge in [0.2, 0.25) is 0 Å². The first-order valence-corrected chi connectivity index (χ1v) is 6.65. The summed E-state index contributed by atoms with van der Waals surface area (Å²) >= 11 is 0. The van der Waals surface area contributed by atoms with E-state index in [9.17, 15) is 5.11 Å². The summed E-state index contributed by atoms with van der Waals surface area (Å²) in [5.41, 5.74) is 0.758. The molecule has 0 amide bonds. The van der Waals surface area contributed by atoms with Gasteiger partial charge in [-0.1, -0.05) is 0 Å². The van der Waals surface area contributed by atoms with Gasteiger partial charge in [0.1, 0.15) is 11.8 Å². The molecular weight excluding hydrogens is 232 g/mol. The fourth-order valence-electron chi connectivity index (χ4n) is 2.48. The van der Waals surface area contributed by atoms with Crippen LogP contribution >= 0.6 is 0 Å². The summed E-state index contributed by atoms with van der Waals surface area (Å²) < 4.78 is 12.7. The molecular formula is C13H22N2O3. The molecule has 2 atom stereocenters. The maximum absolute atomic E-state index is 10.4. The molecule has 2 rings (SSSR count). The average molecular weight is 254 g/mol. The number of rotatable bonds is 5. The highest BCUT2D eigenvalue weighted by Gasteiger charge is 2.24. The smallest absolute Gasteiger partial charge is 0.162 e. The molecule has 0 saturated carbocycles. The fourth-order valence-corrected chi connectivity index (χ4v) is 2.48. The van der Waals surface area contributed by atoms with E-state index in [0.717, 1.165) is 31.7 Å². The van der Waals surface area contributed by atoms with Gasteiger partial charge in [-0.05, 0) is 26.2 Å². The monoisotopic (exact) mass is 254 g/mol. The average Bonchev–Trinajstić information content (AvgIpc) is 2.82. The van der Waals surface area contributed by atoms with Crippen molar-refractivity contribution in [2.75, 3.05) is 13.7 Å². The van der Waals surface area contributed by atoms with E-state index in [2.05, 4.69) is 5.10 Å². The van der Waals surface area contributed by atoms with Crippen LogP contribution in [0.4, 0.5) is 0 Å². The minimum absolute atomic E-state index is 0.152. The van der Waals surface area contributed by atoms with Gasteiger partial charge in [-0.3, -0.25) is 4.68 Å². The predicted molar refractivity (Wildman–Crippen MR) is 67.6 cm³/mol. The lowest BCUT2D eigenvalue weighted by Crippen LogP contribution is -2.22. The Balaban J connectivity index is 2.06. The molecule has 1 aromatic rings. The Hall–Kier alpha value is -1.07. The van der Waals surface area contributed by atoms with Crippen molar-refractivity contribution in [1.29, 1.82) is 0 Å². The third kappa shape index (κ3) is 2.84. The van der Waals surface area contributed by atoms with Gasteiger partial charge >= 0.3 is 0 Å². The molecule has 1 aromatic heterocycles. The first-order chi connectivity index (χ1) is 8.76. The van der Waals surface area contributed by atoms with Gasteiger partial charge < -0.3 is 14.6 Å². The number of hydrogen-bond acceptors (Lipinski definition) is 4. The molecule has 1 aliphatic heterocycles. The first-order valence-electron chi connectivity index (χ1n) is 6.65. The van der Waals surface area contributed by atoms with E-state index in [-0.39, 0.29) is 6.10 Å². The van der Waals surface area contributed by atoms with E-state index in [1.807, 2.05) is 6.92 Å². The summed E-state index contributed by atoms with van der Waals surface area (Å²) in [6.45, 7) is 3.53. The number of nitrogens with zero attached hydrogens (tertiary/aromatic N) is 2. The third-order valence-electron chi connectivity index (χ3n) is 3.44. The van der Waals surface area contributed by atoms with Crippen LogP contribution in [0.15, 0.2) is 6.20 Å². The summed E-state index contributed by atoms with van der Waals surface area (Å²) in [5, 5.41) is 14.6. The summed E-state index contributed by atoms with van der Waals surface area (Å²) in [6, 6.07) is 0. The van der Waals surface area contributed by atoms with E-state index in [4.69, 9.17) is 9.47 Å². The summed E-state index contributed by atoms with van der Waals surface area (Å²) in [5.74, 6) is 0.653. The molecule has 0 spiro atoms. The zero-order valence-electron chi connectivity index (χ0n) is 11.1. The van der Waals surface area contributed by atoms with Crippen molar-refractivity contribution in [3.63, 3.8) is 0 Å². The van der Waals surface area contributed by atoms with Crippen molar-refractivity contribution >= 4 is 0 Å². The zero-order chi connectivity index (χ0) is 13.0. The van der Waals surface area contributed by atoms with Crippen LogP contribution in [0, 0.1) is 0 Å². The van der Waals surface area contributed by atoms with Crippen LogP contribution < -0.4 is 4.74 Å². The number of aryl methyl sites for hydroxylation is 1. The predicted octanol–water partition coefficient (Wildman–Crippen LogP) is 1.90. The van der Waals surface area contributed by atoms with Gasteiger partial charge in [0.15, 0.2) is 5.75 Å². The molecule has 2 heterocycles. The molecule has 1 N–H and O–H groups in total. The quantitative estimate of drug-likeness (QED) is 0.872. The zero-order valence-corrected chi connectivity index (χ0v) is 11.1. The van der Waals surface area contributed by atoms with Gasteiger partial charge in [-0.15, -0.1) is 0 Å². The van der Waals surface area contributed by atoms with Crippen LogP contribution in [0.1, 0.15) is 44.4 Å². The molecule has 1 saturated heterocycles. The molecule has 1 fully saturated rings. The SMILES string of the molecule is CCn1ncc(OC)c1C(O)CC1CCCCO1. The second kappa shape index (κ2) is 6.20. The highest BCUT2D eigenvalue weighted by Crippen LogP contribution is 2.30. The second-order valence-corrected chi connectivity index (χ2v) is 4.65. The van der Waals surface area contributed by atoms with Crippen LogP contribution in [0.25, 0.3) is 0 Å². The Morgan fingerprint density at radius 2 is 2.44 bits per heavy atom. The molecule has 1 aliphatic rings. The van der Waals surface area contributed by atoms with Crippen molar-refractivity contribution in [3.05, 3.63) is 11.9 Å². The summed E-state index contributed by atoms with van der Waals surface area (Å²) in [7, 11) is 1.60. The number of aromatic nitrogens is 2. The minimum Gasteiger partial charge on any atom is -0.493 e. The summed E-state index contributed by atoms with van der Waals surface area (Å²) in [4.78, 5) is 0. The molecule has 0 bridgehead atoms. The van der Waals surface area contributed by atoms with Crippen molar-refractivity contribution in [2.45, 2.75) is 51.4 Å². The van der Waals surface area contributed by atoms with Gasteiger partial charge in [-0.2, -0.15) is 5.10 Å². The second-order valence-electron chi connectivity index (χ2n) is 4.65. The normalized spacial score (nSPS) is 21.8. The van der Waals surface area contributed by atoms with E-state index >= 15 is 0 Å². The third-order valence-corrected chi connectivity index (χ3v) is 3.44. The molecule has 0 aliphatic carbocycles. The van der Waals surface area contributed by atoms with Crippen LogP contribution in [0.2, 0.25) is 0 Å². The van der Waals surface area contributed by atoms with Crippen molar-refractivity contribution in [1.82, 2.24) is 9.78 Å². The maximum Gasteiger partial charge on any atom is 0.162 e. The lowest BCUT2D eigenvalue weighted by atomic mass is 10.0. The Morgan fingerprint density at radius 1 is 1.61 bits per heavy atom. The Labute approximate surface area is 108 Å². The molecule has 5 heteroatoms. The van der Waals surface area contributed by atoms with Crippen LogP contribution in [0.5, 0.6) is 5.75 Å². The number of ether oxygens (including phenoxy) is 2. The van der Waals surface area contributed by atoms with Crippen molar-refractivity contribution in [2.24, 2.45) is 0 Å². The van der Waals surface area contributed by atoms with E-state index < -0.39 is 6.10 Å². The lowest BCUT2D eigenvalue weighted by molar-refractivity contribution is -0.0174. The highest BCUT2D eigenvalue weighted by atomic mass is 16.5. The molecule has 0 aromatic carbocycles. The minimum atomic E-state index is -0.578. The number of aliphatic hydroxyl groups is 1. The van der Waals surface area contributed by atoms with Gasteiger partial charge in [0.05, 0.1) is 19.4 Å². The molecule has 0 radical (unpaired) electrons. The van der Waals surface area contributed by atoms with E-state index in [0.29, 0.717) is 12.2 Å². The largest absolute Gasteiger partial charge is 0.493 e. The van der Waals surface area contributed by atoms with Crippen LogP contribution in [0.3, 0.4) is 0 Å². The Bertz CT molecular complexity index is 351. The van der Waals surface area contributed by atoms with Crippen LogP contribution in [-0.2, 0) is 11.3 Å². The Morgan fingerprint density at radius 3 is 3.06 bits per heavy atom. The molecule has 5 nitrogen and oxygen atoms in total. The van der Waals surface area contributed by atoms with Crippen molar-refractivity contribution < 1.29 is 14.6 Å². The molecule has 2 unspecified atom stereocenters. The summed E-state index contributed by atoms with van der Waals surface area (Å²) in [6.07, 6.45) is 5.18. The van der Waals surface area contributed by atoms with Crippen LogP contribution in [-0.4, -0.2) is 34.7 Å². The maximum atomic E-state index is 10.4. The Kier molecular flexibility index (Phi) is 4.60. The first kappa shape index (κ1) is 13.4.